The summed E-state index contributed by atoms with van der Waals surface area (Å²) in [7, 11) is 0. The van der Waals surface area contributed by atoms with Crippen LogP contribution in [0.3, 0.4) is 0 Å². The van der Waals surface area contributed by atoms with Crippen molar-refractivity contribution in [3.05, 3.63) is 87.8 Å². The first-order chi connectivity index (χ1) is 14.4. The quantitative estimate of drug-likeness (QED) is 0.513. The number of carbonyl (C=O) groups excluding carboxylic acids is 3. The topological polar surface area (TPSA) is 100 Å². The number of furan rings is 1. The monoisotopic (exact) mass is 445 g/mol. The van der Waals surface area contributed by atoms with Gasteiger partial charge in [-0.1, -0.05) is 35.3 Å². The van der Waals surface area contributed by atoms with Gasteiger partial charge in [0, 0.05) is 17.3 Å². The van der Waals surface area contributed by atoms with Crippen LogP contribution >= 0.6 is 23.2 Å². The Morgan fingerprint density at radius 1 is 0.900 bits per heavy atom. The van der Waals surface area contributed by atoms with Gasteiger partial charge in [0.1, 0.15) is 0 Å². The minimum atomic E-state index is -0.477. The third-order valence-electron chi connectivity index (χ3n) is 4.00. The third kappa shape index (κ3) is 5.85. The van der Waals surface area contributed by atoms with Crippen LogP contribution in [0.2, 0.25) is 10.0 Å². The summed E-state index contributed by atoms with van der Waals surface area (Å²) in [6, 6.07) is 14.7. The summed E-state index contributed by atoms with van der Waals surface area (Å²) in [6.07, 6.45) is 1.42. The molecule has 30 heavy (non-hydrogen) atoms. The van der Waals surface area contributed by atoms with Crippen molar-refractivity contribution >= 4 is 46.6 Å². The van der Waals surface area contributed by atoms with E-state index in [4.69, 9.17) is 27.6 Å². The molecule has 0 saturated heterocycles. The Balaban J connectivity index is 1.48. The number of carbonyl (C=O) groups is 3. The Hall–Kier alpha value is -3.29. The van der Waals surface area contributed by atoms with E-state index in [0.29, 0.717) is 10.7 Å². The van der Waals surface area contributed by atoms with Crippen LogP contribution in [0.25, 0.3) is 0 Å². The molecule has 2 aromatic carbocycles. The van der Waals surface area contributed by atoms with Gasteiger partial charge in [-0.05, 0) is 48.0 Å². The maximum absolute atomic E-state index is 12.1. The van der Waals surface area contributed by atoms with E-state index in [1.807, 2.05) is 0 Å². The second kappa shape index (κ2) is 9.96. The molecular formula is C21H17Cl2N3O4. The normalized spacial score (nSPS) is 10.3. The van der Waals surface area contributed by atoms with E-state index < -0.39 is 5.91 Å². The molecular weight excluding hydrogens is 429 g/mol. The fraction of sp³-hybridized carbons (Fsp3) is 0.0952. The highest BCUT2D eigenvalue weighted by Crippen LogP contribution is 2.20. The summed E-state index contributed by atoms with van der Waals surface area (Å²) in [5.74, 6) is -1.03. The first kappa shape index (κ1) is 21.4. The zero-order valence-corrected chi connectivity index (χ0v) is 17.1. The van der Waals surface area contributed by atoms with Gasteiger partial charge in [0.05, 0.1) is 23.4 Å². The molecule has 1 heterocycles. The van der Waals surface area contributed by atoms with Gasteiger partial charge < -0.3 is 20.4 Å². The van der Waals surface area contributed by atoms with Gasteiger partial charge in [0.2, 0.25) is 5.91 Å². The Kier molecular flexibility index (Phi) is 7.11. The predicted molar refractivity (Wildman–Crippen MR) is 114 cm³/mol. The van der Waals surface area contributed by atoms with E-state index in [1.165, 1.54) is 18.4 Å². The average molecular weight is 446 g/mol. The largest absolute Gasteiger partial charge is 0.459 e. The Morgan fingerprint density at radius 2 is 1.73 bits per heavy atom. The van der Waals surface area contributed by atoms with Gasteiger partial charge in [-0.25, -0.2) is 0 Å². The molecule has 9 heteroatoms. The van der Waals surface area contributed by atoms with Crippen LogP contribution in [-0.2, 0) is 11.3 Å². The molecule has 3 aromatic rings. The van der Waals surface area contributed by atoms with Gasteiger partial charge in [0.15, 0.2) is 5.76 Å². The minimum Gasteiger partial charge on any atom is -0.459 e. The Bertz CT molecular complexity index is 1070. The summed E-state index contributed by atoms with van der Waals surface area (Å²) < 4.78 is 5.05. The van der Waals surface area contributed by atoms with E-state index in [2.05, 4.69) is 16.0 Å². The number of hydrogen-bond donors (Lipinski definition) is 3. The van der Waals surface area contributed by atoms with Gasteiger partial charge >= 0.3 is 0 Å². The lowest BCUT2D eigenvalue weighted by atomic mass is 10.2. The van der Waals surface area contributed by atoms with Crippen molar-refractivity contribution in [2.75, 3.05) is 11.9 Å². The van der Waals surface area contributed by atoms with E-state index in [1.54, 1.807) is 42.5 Å². The fourth-order valence-corrected chi connectivity index (χ4v) is 3.05. The Labute approximate surface area is 182 Å². The second-order valence-corrected chi connectivity index (χ2v) is 7.06. The van der Waals surface area contributed by atoms with E-state index in [0.717, 1.165) is 5.56 Å². The smallest absolute Gasteiger partial charge is 0.291 e. The van der Waals surface area contributed by atoms with Crippen molar-refractivity contribution in [1.29, 1.82) is 0 Å². The molecule has 3 amide bonds. The molecule has 0 spiro atoms. The highest BCUT2D eigenvalue weighted by atomic mass is 35.5. The zero-order valence-electron chi connectivity index (χ0n) is 15.6. The van der Waals surface area contributed by atoms with Crippen LogP contribution in [0.1, 0.15) is 26.5 Å². The van der Waals surface area contributed by atoms with Crippen molar-refractivity contribution in [2.45, 2.75) is 6.54 Å². The summed E-state index contributed by atoms with van der Waals surface area (Å²) in [4.78, 5) is 36.2. The van der Waals surface area contributed by atoms with Crippen LogP contribution in [0.5, 0.6) is 0 Å². The van der Waals surface area contributed by atoms with Gasteiger partial charge in [-0.2, -0.15) is 0 Å². The van der Waals surface area contributed by atoms with Crippen molar-refractivity contribution in [1.82, 2.24) is 10.6 Å². The van der Waals surface area contributed by atoms with Crippen LogP contribution < -0.4 is 16.0 Å². The van der Waals surface area contributed by atoms with E-state index >= 15 is 0 Å². The maximum atomic E-state index is 12.1. The first-order valence-corrected chi connectivity index (χ1v) is 9.62. The number of rotatable bonds is 7. The van der Waals surface area contributed by atoms with E-state index in [9.17, 15) is 14.4 Å². The summed E-state index contributed by atoms with van der Waals surface area (Å²) in [5.41, 5.74) is 1.57. The molecule has 154 valence electrons. The SMILES string of the molecule is O=C(CNC(=O)c1ccc(Cl)cc1Cl)NCc1cccc(NC(=O)c2ccco2)c1. The molecule has 0 aliphatic rings. The molecule has 0 radical (unpaired) electrons. The molecule has 0 aliphatic carbocycles. The molecule has 0 unspecified atom stereocenters. The lowest BCUT2D eigenvalue weighted by Gasteiger charge is -2.09. The average Bonchev–Trinajstić information content (AvgIpc) is 3.26. The van der Waals surface area contributed by atoms with Crippen molar-refractivity contribution < 1.29 is 18.8 Å². The lowest BCUT2D eigenvalue weighted by Crippen LogP contribution is -2.36. The number of nitrogens with one attached hydrogen (secondary N) is 3. The predicted octanol–water partition coefficient (Wildman–Crippen LogP) is 3.88. The van der Waals surface area contributed by atoms with Crippen LogP contribution in [0.4, 0.5) is 5.69 Å². The molecule has 0 fully saturated rings. The summed E-state index contributed by atoms with van der Waals surface area (Å²) in [6.45, 7) is 0.00752. The zero-order chi connectivity index (χ0) is 21.5. The van der Waals surface area contributed by atoms with Crippen molar-refractivity contribution in [3.63, 3.8) is 0 Å². The standard InChI is InChI=1S/C21H17Cl2N3O4/c22-14-6-7-16(17(23)10-14)20(28)25-12-19(27)24-11-13-3-1-4-15(9-13)26-21(29)18-5-2-8-30-18/h1-10H,11-12H2,(H,24,27)(H,25,28)(H,26,29). The molecule has 0 bridgehead atoms. The molecule has 0 aliphatic heterocycles. The highest BCUT2D eigenvalue weighted by molar-refractivity contribution is 6.36. The number of benzene rings is 2. The number of amides is 3. The van der Waals surface area contributed by atoms with Gasteiger partial charge in [-0.15, -0.1) is 0 Å². The molecule has 1 aromatic heterocycles. The third-order valence-corrected chi connectivity index (χ3v) is 4.55. The molecule has 0 saturated carbocycles. The van der Waals surface area contributed by atoms with Crippen molar-refractivity contribution in [3.8, 4) is 0 Å². The second-order valence-electron chi connectivity index (χ2n) is 6.22. The summed E-state index contributed by atoms with van der Waals surface area (Å²) in [5, 5.41) is 8.53. The maximum Gasteiger partial charge on any atom is 0.291 e. The van der Waals surface area contributed by atoms with Gasteiger partial charge in [-0.3, -0.25) is 14.4 Å². The van der Waals surface area contributed by atoms with Crippen LogP contribution in [-0.4, -0.2) is 24.3 Å². The summed E-state index contributed by atoms with van der Waals surface area (Å²) >= 11 is 11.8. The van der Waals surface area contributed by atoms with Crippen LogP contribution in [0.15, 0.2) is 65.3 Å². The van der Waals surface area contributed by atoms with E-state index in [-0.39, 0.29) is 41.3 Å². The Morgan fingerprint density at radius 3 is 2.47 bits per heavy atom. The molecule has 3 N–H and O–H groups in total. The van der Waals surface area contributed by atoms with Crippen molar-refractivity contribution in [2.24, 2.45) is 0 Å². The minimum absolute atomic E-state index is 0.199. The number of anilines is 1. The van der Waals surface area contributed by atoms with Crippen LogP contribution in [0, 0.1) is 0 Å². The first-order valence-electron chi connectivity index (χ1n) is 8.86. The molecule has 3 rings (SSSR count). The lowest BCUT2D eigenvalue weighted by molar-refractivity contribution is -0.120. The fourth-order valence-electron chi connectivity index (χ4n) is 2.55. The highest BCUT2D eigenvalue weighted by Gasteiger charge is 2.12. The number of halogens is 2. The molecule has 7 nitrogen and oxygen atoms in total. The van der Waals surface area contributed by atoms with Gasteiger partial charge in [0.25, 0.3) is 11.8 Å². The number of hydrogen-bond acceptors (Lipinski definition) is 4. The molecule has 0 atom stereocenters.